The number of carbonyl (C=O) groups is 4. The highest BCUT2D eigenvalue weighted by molar-refractivity contribution is 7.15. The largest absolute Gasteiger partial charge is 0.312 e. The van der Waals surface area contributed by atoms with Crippen LogP contribution in [0.25, 0.3) is 0 Å². The lowest BCUT2D eigenvalue weighted by molar-refractivity contribution is -0.117. The van der Waals surface area contributed by atoms with E-state index in [1.54, 1.807) is 29.2 Å². The highest BCUT2D eigenvalue weighted by atomic mass is 32.1. The number of aromatic nitrogens is 2. The van der Waals surface area contributed by atoms with E-state index in [0.717, 1.165) is 12.1 Å². The maximum Gasteiger partial charge on any atom is 0.261 e. The molecule has 0 spiro atoms. The van der Waals surface area contributed by atoms with E-state index in [1.165, 1.54) is 21.8 Å². The molecule has 1 aromatic heterocycles. The topological polar surface area (TPSA) is 113 Å². The lowest BCUT2D eigenvalue weighted by Crippen LogP contribution is -2.31. The first-order valence-electron chi connectivity index (χ1n) is 11.9. The minimum Gasteiger partial charge on any atom is -0.312 e. The Hall–Kier alpha value is -3.92. The van der Waals surface area contributed by atoms with Gasteiger partial charge in [0.1, 0.15) is 5.01 Å². The molecular formula is C26H25N5O4S. The Morgan fingerprint density at radius 2 is 1.72 bits per heavy atom. The van der Waals surface area contributed by atoms with Crippen LogP contribution >= 0.6 is 11.3 Å². The fourth-order valence-electron chi connectivity index (χ4n) is 4.51. The number of nitrogens with one attached hydrogen (secondary N) is 1. The quantitative estimate of drug-likeness (QED) is 0.470. The molecule has 9 nitrogen and oxygen atoms in total. The summed E-state index contributed by atoms with van der Waals surface area (Å²) in [7, 11) is 0. The summed E-state index contributed by atoms with van der Waals surface area (Å²) < 4.78 is 0. The Morgan fingerprint density at radius 3 is 2.39 bits per heavy atom. The van der Waals surface area contributed by atoms with Gasteiger partial charge < -0.3 is 10.2 Å². The number of amides is 4. The third-order valence-electron chi connectivity index (χ3n) is 6.48. The van der Waals surface area contributed by atoms with Crippen LogP contribution in [-0.2, 0) is 16.0 Å². The summed E-state index contributed by atoms with van der Waals surface area (Å²) in [6.07, 6.45) is 1.76. The van der Waals surface area contributed by atoms with Gasteiger partial charge in [0.05, 0.1) is 11.1 Å². The highest BCUT2D eigenvalue weighted by Gasteiger charge is 2.35. The van der Waals surface area contributed by atoms with Crippen molar-refractivity contribution in [2.45, 2.75) is 38.5 Å². The van der Waals surface area contributed by atoms with Gasteiger partial charge in [-0.2, -0.15) is 0 Å². The highest BCUT2D eigenvalue weighted by Crippen LogP contribution is 2.34. The molecule has 4 amide bonds. The smallest absolute Gasteiger partial charge is 0.261 e. The van der Waals surface area contributed by atoms with Crippen molar-refractivity contribution in [3.63, 3.8) is 0 Å². The van der Waals surface area contributed by atoms with Gasteiger partial charge in [-0.1, -0.05) is 42.5 Å². The van der Waals surface area contributed by atoms with Crippen LogP contribution in [0.1, 0.15) is 63.4 Å². The Morgan fingerprint density at radius 1 is 1.03 bits per heavy atom. The van der Waals surface area contributed by atoms with E-state index in [1.807, 2.05) is 24.3 Å². The number of fused-ring (bicyclic) bond motifs is 1. The summed E-state index contributed by atoms with van der Waals surface area (Å²) in [5, 5.41) is 12.1. The molecule has 1 saturated heterocycles. The second-order valence-electron chi connectivity index (χ2n) is 8.83. The number of hydrogen-bond donors (Lipinski definition) is 1. The van der Waals surface area contributed by atoms with Crippen LogP contribution in [0.2, 0.25) is 0 Å². The SMILES string of the molecule is CCc1ccc(N2CC(c3nnc(NC(=O)CCCN4C(=O)c5ccccc5C4=O)s3)CC2=O)cc1. The van der Waals surface area contributed by atoms with Crippen LogP contribution < -0.4 is 10.2 Å². The fraction of sp³-hybridized carbons (Fsp3) is 0.308. The van der Waals surface area contributed by atoms with Crippen molar-refractivity contribution >= 4 is 45.8 Å². The van der Waals surface area contributed by atoms with Crippen molar-refractivity contribution in [1.29, 1.82) is 0 Å². The molecule has 1 atom stereocenters. The standard InChI is InChI=1S/C26H25N5O4S/c1-2-16-9-11-18(12-10-16)31-15-17(14-22(31)33)23-28-29-26(36-23)27-21(32)8-5-13-30-24(34)19-6-3-4-7-20(19)25(30)35/h3-4,6-7,9-12,17H,2,5,8,13-15H2,1H3,(H,27,29,32). The number of imide groups is 1. The molecule has 3 aromatic rings. The summed E-state index contributed by atoms with van der Waals surface area (Å²) >= 11 is 1.26. The van der Waals surface area contributed by atoms with Gasteiger partial charge in [0.25, 0.3) is 11.8 Å². The second-order valence-corrected chi connectivity index (χ2v) is 9.84. The maximum absolute atomic E-state index is 12.6. The molecule has 10 heteroatoms. The number of carbonyl (C=O) groups excluding carboxylic acids is 4. The molecule has 1 fully saturated rings. The summed E-state index contributed by atoms with van der Waals surface area (Å²) in [5.41, 5.74) is 2.89. The van der Waals surface area contributed by atoms with Crippen molar-refractivity contribution in [3.05, 3.63) is 70.2 Å². The van der Waals surface area contributed by atoms with E-state index in [4.69, 9.17) is 0 Å². The number of aryl methyl sites for hydroxylation is 1. The zero-order chi connectivity index (χ0) is 25.2. The second kappa shape index (κ2) is 9.98. The Balaban J connectivity index is 1.12. The van der Waals surface area contributed by atoms with Crippen LogP contribution in [-0.4, -0.2) is 51.8 Å². The van der Waals surface area contributed by atoms with Crippen molar-refractivity contribution in [1.82, 2.24) is 15.1 Å². The minimum absolute atomic E-state index is 0.0400. The summed E-state index contributed by atoms with van der Waals surface area (Å²) in [6, 6.07) is 14.7. The molecule has 2 aliphatic rings. The zero-order valence-electron chi connectivity index (χ0n) is 19.8. The van der Waals surface area contributed by atoms with Gasteiger partial charge in [-0.15, -0.1) is 10.2 Å². The first-order chi connectivity index (χ1) is 17.4. The average molecular weight is 504 g/mol. The summed E-state index contributed by atoms with van der Waals surface area (Å²) in [6.45, 7) is 2.78. The lowest BCUT2D eigenvalue weighted by Gasteiger charge is -2.16. The van der Waals surface area contributed by atoms with Crippen LogP contribution in [0.4, 0.5) is 10.8 Å². The Labute approximate surface area is 212 Å². The van der Waals surface area contributed by atoms with E-state index >= 15 is 0 Å². The molecular weight excluding hydrogens is 478 g/mol. The summed E-state index contributed by atoms with van der Waals surface area (Å²) in [4.78, 5) is 52.8. The lowest BCUT2D eigenvalue weighted by atomic mass is 10.1. The first-order valence-corrected chi connectivity index (χ1v) is 12.7. The molecule has 3 heterocycles. The molecule has 0 aliphatic carbocycles. The number of anilines is 2. The van der Waals surface area contributed by atoms with Crippen molar-refractivity contribution < 1.29 is 19.2 Å². The Bertz CT molecular complexity index is 1300. The van der Waals surface area contributed by atoms with Crippen molar-refractivity contribution in [2.24, 2.45) is 0 Å². The van der Waals surface area contributed by atoms with Crippen molar-refractivity contribution in [3.8, 4) is 0 Å². The van der Waals surface area contributed by atoms with Gasteiger partial charge in [-0.25, -0.2) is 0 Å². The Kier molecular flexibility index (Phi) is 6.60. The molecule has 0 radical (unpaired) electrons. The molecule has 2 aromatic carbocycles. The molecule has 5 rings (SSSR count). The van der Waals surface area contributed by atoms with E-state index in [9.17, 15) is 19.2 Å². The monoisotopic (exact) mass is 503 g/mol. The van der Waals surface area contributed by atoms with Gasteiger partial charge in [0, 0.05) is 37.5 Å². The van der Waals surface area contributed by atoms with E-state index in [0.29, 0.717) is 40.7 Å². The van der Waals surface area contributed by atoms with Gasteiger partial charge >= 0.3 is 0 Å². The molecule has 2 aliphatic heterocycles. The molecule has 184 valence electrons. The van der Waals surface area contributed by atoms with Gasteiger partial charge in [0.15, 0.2) is 0 Å². The molecule has 36 heavy (non-hydrogen) atoms. The number of benzene rings is 2. The van der Waals surface area contributed by atoms with Gasteiger partial charge in [-0.05, 0) is 42.7 Å². The third kappa shape index (κ3) is 4.64. The fourth-order valence-corrected chi connectivity index (χ4v) is 5.36. The molecule has 1 unspecified atom stereocenters. The van der Waals surface area contributed by atoms with Crippen LogP contribution in [0.15, 0.2) is 48.5 Å². The molecule has 0 bridgehead atoms. The zero-order valence-corrected chi connectivity index (χ0v) is 20.6. The van der Waals surface area contributed by atoms with E-state index in [2.05, 4.69) is 22.4 Å². The average Bonchev–Trinajstić information content (AvgIpc) is 3.57. The van der Waals surface area contributed by atoms with Gasteiger partial charge in [0.2, 0.25) is 16.9 Å². The molecule has 0 saturated carbocycles. The van der Waals surface area contributed by atoms with E-state index in [-0.39, 0.29) is 42.5 Å². The normalized spacial score (nSPS) is 17.1. The third-order valence-corrected chi connectivity index (χ3v) is 7.48. The number of hydrogen-bond acceptors (Lipinski definition) is 7. The van der Waals surface area contributed by atoms with E-state index < -0.39 is 0 Å². The first kappa shape index (κ1) is 23.8. The number of rotatable bonds is 8. The number of nitrogens with zero attached hydrogens (tertiary/aromatic N) is 4. The minimum atomic E-state index is -0.328. The predicted octanol–water partition coefficient (Wildman–Crippen LogP) is 3.64. The van der Waals surface area contributed by atoms with Gasteiger partial charge in [-0.3, -0.25) is 24.1 Å². The van der Waals surface area contributed by atoms with Crippen LogP contribution in [0, 0.1) is 0 Å². The van der Waals surface area contributed by atoms with Crippen LogP contribution in [0.3, 0.4) is 0 Å². The summed E-state index contributed by atoms with van der Waals surface area (Å²) in [5.74, 6) is -0.967. The van der Waals surface area contributed by atoms with Crippen molar-refractivity contribution in [2.75, 3.05) is 23.3 Å². The van der Waals surface area contributed by atoms with Crippen LogP contribution in [0.5, 0.6) is 0 Å². The maximum atomic E-state index is 12.6. The predicted molar refractivity (Wildman–Crippen MR) is 135 cm³/mol. The molecule has 1 N–H and O–H groups in total.